The number of carbonyl (C=O) groups is 2. The fraction of sp³-hybridized carbons (Fsp3) is 0.500. The van der Waals surface area contributed by atoms with Crippen LogP contribution in [0.1, 0.15) is 19.4 Å². The van der Waals surface area contributed by atoms with E-state index in [0.717, 1.165) is 12.1 Å². The lowest BCUT2D eigenvalue weighted by atomic mass is 10.2. The molecule has 1 rings (SSSR count). The third kappa shape index (κ3) is 6.19. The molecule has 0 aliphatic heterocycles. The van der Waals surface area contributed by atoms with E-state index >= 15 is 0 Å². The molecule has 5 nitrogen and oxygen atoms in total. The zero-order valence-corrected chi connectivity index (χ0v) is 14.0. The van der Waals surface area contributed by atoms with Gasteiger partial charge in [-0.2, -0.15) is 13.2 Å². The molecule has 0 saturated carbocycles. The van der Waals surface area contributed by atoms with Crippen molar-refractivity contribution in [1.29, 1.82) is 0 Å². The Morgan fingerprint density at radius 2 is 1.58 bits per heavy atom. The molecular formula is C16H22F3N3O2. The molecule has 0 saturated heterocycles. The zero-order valence-electron chi connectivity index (χ0n) is 14.0. The van der Waals surface area contributed by atoms with Crippen molar-refractivity contribution in [2.24, 2.45) is 0 Å². The largest absolute Gasteiger partial charge is 0.416 e. The number of hydrogen-bond acceptors (Lipinski definition) is 3. The molecule has 1 aromatic carbocycles. The molecular weight excluding hydrogens is 323 g/mol. The third-order valence-corrected chi connectivity index (χ3v) is 3.43. The lowest BCUT2D eigenvalue weighted by Gasteiger charge is -2.22. The van der Waals surface area contributed by atoms with Crippen molar-refractivity contribution in [3.63, 3.8) is 0 Å². The Balaban J connectivity index is 2.52. The van der Waals surface area contributed by atoms with Crippen LogP contribution in [0.5, 0.6) is 0 Å². The van der Waals surface area contributed by atoms with Crippen LogP contribution >= 0.6 is 0 Å². The quantitative estimate of drug-likeness (QED) is 0.826. The number of hydrogen-bond donors (Lipinski definition) is 1. The molecule has 24 heavy (non-hydrogen) atoms. The summed E-state index contributed by atoms with van der Waals surface area (Å²) in [6.07, 6.45) is -4.41. The van der Waals surface area contributed by atoms with Gasteiger partial charge in [0.05, 0.1) is 18.7 Å². The highest BCUT2D eigenvalue weighted by molar-refractivity contribution is 5.92. The number of carbonyl (C=O) groups excluding carboxylic acids is 2. The Morgan fingerprint density at radius 1 is 1.04 bits per heavy atom. The maximum atomic E-state index is 12.5. The average molecular weight is 345 g/mol. The molecule has 2 amide bonds. The summed E-state index contributed by atoms with van der Waals surface area (Å²) in [5.74, 6) is -0.477. The smallest absolute Gasteiger partial charge is 0.342 e. The van der Waals surface area contributed by atoms with Gasteiger partial charge in [-0.3, -0.25) is 14.5 Å². The van der Waals surface area contributed by atoms with Crippen LogP contribution in [0.2, 0.25) is 0 Å². The minimum Gasteiger partial charge on any atom is -0.342 e. The van der Waals surface area contributed by atoms with Crippen molar-refractivity contribution in [3.05, 3.63) is 29.8 Å². The van der Waals surface area contributed by atoms with Gasteiger partial charge in [0.1, 0.15) is 0 Å². The van der Waals surface area contributed by atoms with Crippen LogP contribution in [0.25, 0.3) is 0 Å². The van der Waals surface area contributed by atoms with Crippen LogP contribution in [-0.2, 0) is 15.8 Å². The maximum absolute atomic E-state index is 12.5. The van der Waals surface area contributed by atoms with Gasteiger partial charge >= 0.3 is 6.18 Å². The molecule has 0 atom stereocenters. The number of benzene rings is 1. The van der Waals surface area contributed by atoms with Crippen LogP contribution < -0.4 is 5.32 Å². The van der Waals surface area contributed by atoms with E-state index in [9.17, 15) is 22.8 Å². The molecule has 134 valence electrons. The molecule has 0 aliphatic rings. The fourth-order valence-electron chi connectivity index (χ4n) is 2.15. The molecule has 0 fully saturated rings. The van der Waals surface area contributed by atoms with Crippen LogP contribution in [0.4, 0.5) is 18.9 Å². The Kier molecular flexibility index (Phi) is 7.21. The van der Waals surface area contributed by atoms with Gasteiger partial charge in [-0.1, -0.05) is 0 Å². The summed E-state index contributed by atoms with van der Waals surface area (Å²) in [5, 5.41) is 2.51. The van der Waals surface area contributed by atoms with E-state index in [4.69, 9.17) is 0 Å². The van der Waals surface area contributed by atoms with Gasteiger partial charge in [-0.05, 0) is 45.2 Å². The highest BCUT2D eigenvalue weighted by Crippen LogP contribution is 2.29. The topological polar surface area (TPSA) is 52.7 Å². The summed E-state index contributed by atoms with van der Waals surface area (Å²) in [4.78, 5) is 27.0. The number of nitrogens with one attached hydrogen (secondary N) is 1. The van der Waals surface area contributed by atoms with Crippen LogP contribution in [0, 0.1) is 0 Å². The van der Waals surface area contributed by atoms with E-state index < -0.39 is 17.6 Å². The molecule has 0 aromatic heterocycles. The first kappa shape index (κ1) is 20.0. The minimum absolute atomic E-state index is 0.0337. The molecule has 0 aliphatic carbocycles. The summed E-state index contributed by atoms with van der Waals surface area (Å²) >= 11 is 0. The van der Waals surface area contributed by atoms with Gasteiger partial charge < -0.3 is 10.2 Å². The molecule has 1 aromatic rings. The first-order valence-electron chi connectivity index (χ1n) is 7.60. The Labute approximate surface area is 139 Å². The highest BCUT2D eigenvalue weighted by atomic mass is 19.4. The number of halogens is 3. The summed E-state index contributed by atoms with van der Waals surface area (Å²) in [5.41, 5.74) is -0.501. The lowest BCUT2D eigenvalue weighted by Crippen LogP contribution is -2.41. The predicted octanol–water partition coefficient (Wildman–Crippen LogP) is 2.44. The molecule has 1 N–H and O–H groups in total. The standard InChI is InChI=1S/C16H22F3N3O2/c1-4-22(5-2)15(24)11-21(3)10-14(23)20-13-8-6-12(7-9-13)16(17,18)19/h6-9H,4-5,10-11H2,1-3H3,(H,20,23). The van der Waals surface area contributed by atoms with Crippen molar-refractivity contribution in [3.8, 4) is 0 Å². The Hall–Kier alpha value is -2.09. The maximum Gasteiger partial charge on any atom is 0.416 e. The van der Waals surface area contributed by atoms with E-state index in [1.54, 1.807) is 16.8 Å². The summed E-state index contributed by atoms with van der Waals surface area (Å²) in [6.45, 7) is 5.01. The number of amides is 2. The van der Waals surface area contributed by atoms with E-state index in [-0.39, 0.29) is 24.7 Å². The average Bonchev–Trinajstić information content (AvgIpc) is 2.47. The van der Waals surface area contributed by atoms with Crippen molar-refractivity contribution in [2.45, 2.75) is 20.0 Å². The number of rotatable bonds is 7. The second-order valence-electron chi connectivity index (χ2n) is 5.36. The second-order valence-corrected chi connectivity index (χ2v) is 5.36. The number of anilines is 1. The molecule has 0 unspecified atom stereocenters. The number of likely N-dealkylation sites (N-methyl/N-ethyl adjacent to an activating group) is 2. The lowest BCUT2D eigenvalue weighted by molar-refractivity contribution is -0.137. The SMILES string of the molecule is CCN(CC)C(=O)CN(C)CC(=O)Nc1ccc(C(F)(F)F)cc1. The van der Waals surface area contributed by atoms with Gasteiger partial charge in [0, 0.05) is 18.8 Å². The zero-order chi connectivity index (χ0) is 18.3. The van der Waals surface area contributed by atoms with Crippen molar-refractivity contribution in [1.82, 2.24) is 9.80 Å². The summed E-state index contributed by atoms with van der Waals surface area (Å²) in [6, 6.07) is 4.20. The minimum atomic E-state index is -4.41. The molecule has 0 spiro atoms. The first-order valence-corrected chi connectivity index (χ1v) is 7.60. The third-order valence-electron chi connectivity index (χ3n) is 3.43. The highest BCUT2D eigenvalue weighted by Gasteiger charge is 2.30. The monoisotopic (exact) mass is 345 g/mol. The van der Waals surface area contributed by atoms with Gasteiger partial charge in [0.2, 0.25) is 11.8 Å². The van der Waals surface area contributed by atoms with Crippen LogP contribution in [0.15, 0.2) is 24.3 Å². The summed E-state index contributed by atoms with van der Waals surface area (Å²) < 4.78 is 37.4. The summed E-state index contributed by atoms with van der Waals surface area (Å²) in [7, 11) is 1.63. The van der Waals surface area contributed by atoms with E-state index in [2.05, 4.69) is 5.32 Å². The number of alkyl halides is 3. The van der Waals surface area contributed by atoms with Gasteiger partial charge in [0.15, 0.2) is 0 Å². The molecule has 0 heterocycles. The fourth-order valence-corrected chi connectivity index (χ4v) is 2.15. The van der Waals surface area contributed by atoms with Gasteiger partial charge in [-0.15, -0.1) is 0 Å². The molecule has 0 radical (unpaired) electrons. The van der Waals surface area contributed by atoms with Gasteiger partial charge in [0.25, 0.3) is 0 Å². The van der Waals surface area contributed by atoms with Crippen molar-refractivity contribution < 1.29 is 22.8 Å². The van der Waals surface area contributed by atoms with Crippen LogP contribution in [-0.4, -0.2) is 54.8 Å². The van der Waals surface area contributed by atoms with Gasteiger partial charge in [-0.25, -0.2) is 0 Å². The van der Waals surface area contributed by atoms with Crippen molar-refractivity contribution >= 4 is 17.5 Å². The molecule has 8 heteroatoms. The first-order chi connectivity index (χ1) is 11.2. The Morgan fingerprint density at radius 3 is 2.04 bits per heavy atom. The van der Waals surface area contributed by atoms with E-state index in [0.29, 0.717) is 13.1 Å². The normalized spacial score (nSPS) is 11.5. The molecule has 0 bridgehead atoms. The number of nitrogens with zero attached hydrogens (tertiary/aromatic N) is 2. The van der Waals surface area contributed by atoms with E-state index in [1.807, 2.05) is 13.8 Å². The predicted molar refractivity (Wildman–Crippen MR) is 85.5 cm³/mol. The Bertz CT molecular complexity index is 555. The van der Waals surface area contributed by atoms with Crippen LogP contribution in [0.3, 0.4) is 0 Å². The second kappa shape index (κ2) is 8.68. The van der Waals surface area contributed by atoms with Crippen molar-refractivity contribution in [2.75, 3.05) is 38.5 Å². The van der Waals surface area contributed by atoms with E-state index in [1.165, 1.54) is 12.1 Å².